The van der Waals surface area contributed by atoms with Crippen LogP contribution in [0, 0.1) is 12.8 Å². The zero-order valence-electron chi connectivity index (χ0n) is 11.3. The summed E-state index contributed by atoms with van der Waals surface area (Å²) >= 11 is 5.60. The van der Waals surface area contributed by atoms with E-state index in [1.807, 2.05) is 11.3 Å². The number of halogens is 1. The smallest absolute Gasteiger partial charge is 0.0426 e. The Morgan fingerprint density at radius 1 is 1.35 bits per heavy atom. The van der Waals surface area contributed by atoms with Gasteiger partial charge in [0.05, 0.1) is 0 Å². The molecule has 0 saturated carbocycles. The highest BCUT2D eigenvalue weighted by Crippen LogP contribution is 2.34. The first kappa shape index (κ1) is 15.2. The third kappa shape index (κ3) is 5.11. The molecular formula is C14H24BrNS. The highest BCUT2D eigenvalue weighted by molar-refractivity contribution is 9.10. The van der Waals surface area contributed by atoms with Gasteiger partial charge in [0.2, 0.25) is 0 Å². The molecule has 0 aliphatic carbocycles. The van der Waals surface area contributed by atoms with Gasteiger partial charge in [-0.3, -0.25) is 0 Å². The van der Waals surface area contributed by atoms with E-state index in [9.17, 15) is 0 Å². The molecule has 1 nitrogen and oxygen atoms in total. The van der Waals surface area contributed by atoms with E-state index < -0.39 is 0 Å². The number of aryl methyl sites for hydroxylation is 1. The van der Waals surface area contributed by atoms with Crippen molar-refractivity contribution in [2.45, 2.75) is 53.0 Å². The van der Waals surface area contributed by atoms with Crippen LogP contribution in [0.1, 0.15) is 55.8 Å². The molecule has 0 bridgehead atoms. The van der Waals surface area contributed by atoms with Gasteiger partial charge in [0, 0.05) is 20.3 Å². The van der Waals surface area contributed by atoms with Gasteiger partial charge in [-0.1, -0.05) is 20.8 Å². The van der Waals surface area contributed by atoms with Gasteiger partial charge in [-0.2, -0.15) is 0 Å². The van der Waals surface area contributed by atoms with E-state index in [1.165, 1.54) is 33.5 Å². The van der Waals surface area contributed by atoms with Crippen LogP contribution in [0.5, 0.6) is 0 Å². The first-order valence-electron chi connectivity index (χ1n) is 6.53. The van der Waals surface area contributed by atoms with E-state index in [4.69, 9.17) is 0 Å². The molecule has 0 saturated heterocycles. The van der Waals surface area contributed by atoms with E-state index in [1.54, 1.807) is 0 Å². The van der Waals surface area contributed by atoms with Crippen molar-refractivity contribution < 1.29 is 0 Å². The minimum Gasteiger partial charge on any atom is -0.309 e. The summed E-state index contributed by atoms with van der Waals surface area (Å²) in [5.74, 6) is 0.778. The molecule has 98 valence electrons. The predicted molar refractivity (Wildman–Crippen MR) is 81.9 cm³/mol. The molecule has 1 atom stereocenters. The maximum Gasteiger partial charge on any atom is 0.0426 e. The average molecular weight is 318 g/mol. The monoisotopic (exact) mass is 317 g/mol. The van der Waals surface area contributed by atoms with Crippen molar-refractivity contribution in [3.63, 3.8) is 0 Å². The molecular weight excluding hydrogens is 294 g/mol. The Morgan fingerprint density at radius 3 is 2.53 bits per heavy atom. The molecule has 0 aliphatic rings. The largest absolute Gasteiger partial charge is 0.309 e. The summed E-state index contributed by atoms with van der Waals surface area (Å²) in [6, 6.07) is 2.75. The van der Waals surface area contributed by atoms with Crippen molar-refractivity contribution >= 4 is 27.3 Å². The first-order chi connectivity index (χ1) is 8.04. The second-order valence-electron chi connectivity index (χ2n) is 5.05. The minimum absolute atomic E-state index is 0.519. The highest BCUT2D eigenvalue weighted by Gasteiger charge is 2.16. The lowest BCUT2D eigenvalue weighted by Crippen LogP contribution is -2.22. The van der Waals surface area contributed by atoms with Crippen LogP contribution < -0.4 is 5.32 Å². The van der Waals surface area contributed by atoms with Gasteiger partial charge in [-0.25, -0.2) is 0 Å². The lowest BCUT2D eigenvalue weighted by atomic mass is 10.0. The van der Waals surface area contributed by atoms with Crippen molar-refractivity contribution in [2.24, 2.45) is 5.92 Å². The Balaban J connectivity index is 2.70. The summed E-state index contributed by atoms with van der Waals surface area (Å²) in [7, 11) is 0. The van der Waals surface area contributed by atoms with E-state index in [0.29, 0.717) is 6.04 Å². The summed E-state index contributed by atoms with van der Waals surface area (Å²) in [5, 5.41) is 3.68. The number of hydrogen-bond donors (Lipinski definition) is 1. The first-order valence-corrected chi connectivity index (χ1v) is 8.14. The van der Waals surface area contributed by atoms with Gasteiger partial charge in [0.1, 0.15) is 0 Å². The minimum atomic E-state index is 0.519. The normalized spacial score (nSPS) is 13.3. The van der Waals surface area contributed by atoms with Crippen LogP contribution in [-0.4, -0.2) is 6.54 Å². The molecule has 0 radical (unpaired) electrons. The zero-order valence-corrected chi connectivity index (χ0v) is 13.7. The molecule has 17 heavy (non-hydrogen) atoms. The summed E-state index contributed by atoms with van der Waals surface area (Å²) in [4.78, 5) is 2.86. The zero-order chi connectivity index (χ0) is 12.8. The van der Waals surface area contributed by atoms with E-state index in [0.717, 1.165) is 12.5 Å². The van der Waals surface area contributed by atoms with E-state index in [2.05, 4.69) is 55.0 Å². The summed E-state index contributed by atoms with van der Waals surface area (Å²) in [5.41, 5.74) is 0. The third-order valence-electron chi connectivity index (χ3n) is 2.83. The Hall–Kier alpha value is 0.140. The Bertz CT molecular complexity index is 333. The summed E-state index contributed by atoms with van der Waals surface area (Å²) in [6.07, 6.45) is 3.71. The molecule has 0 amide bonds. The molecule has 0 aromatic carbocycles. The van der Waals surface area contributed by atoms with Crippen molar-refractivity contribution in [2.75, 3.05) is 6.54 Å². The predicted octanol–water partition coefficient (Wildman–Crippen LogP) is 5.30. The van der Waals surface area contributed by atoms with Crippen LogP contribution in [0.4, 0.5) is 0 Å². The Labute approximate surface area is 118 Å². The maximum atomic E-state index is 3.69. The van der Waals surface area contributed by atoms with Crippen LogP contribution >= 0.6 is 27.3 Å². The molecule has 1 rings (SSSR count). The van der Waals surface area contributed by atoms with E-state index >= 15 is 0 Å². The number of nitrogens with one attached hydrogen (secondary N) is 1. The SMILES string of the molecule is CCCNC(CCC(C)C)c1sc(C)cc1Br. The van der Waals surface area contributed by atoms with Crippen molar-refractivity contribution in [1.29, 1.82) is 0 Å². The molecule has 1 aromatic heterocycles. The maximum absolute atomic E-state index is 3.69. The third-order valence-corrected chi connectivity index (χ3v) is 4.91. The van der Waals surface area contributed by atoms with Gasteiger partial charge in [0.25, 0.3) is 0 Å². The Kier molecular flexibility index (Phi) is 6.75. The molecule has 0 spiro atoms. The molecule has 0 aliphatic heterocycles. The second-order valence-corrected chi connectivity index (χ2v) is 7.19. The van der Waals surface area contributed by atoms with Crippen LogP contribution in [0.2, 0.25) is 0 Å². The molecule has 0 fully saturated rings. The van der Waals surface area contributed by atoms with Crippen LogP contribution in [-0.2, 0) is 0 Å². The van der Waals surface area contributed by atoms with E-state index in [-0.39, 0.29) is 0 Å². The topological polar surface area (TPSA) is 12.0 Å². The summed E-state index contributed by atoms with van der Waals surface area (Å²) in [6.45, 7) is 10.1. The van der Waals surface area contributed by atoms with Crippen molar-refractivity contribution in [3.8, 4) is 0 Å². The second kappa shape index (κ2) is 7.55. The lowest BCUT2D eigenvalue weighted by molar-refractivity contribution is 0.444. The van der Waals surface area contributed by atoms with Gasteiger partial charge in [-0.05, 0) is 60.6 Å². The molecule has 1 aromatic rings. The standard InChI is InChI=1S/C14H24BrNS/c1-5-8-16-13(7-6-10(2)3)14-12(15)9-11(4)17-14/h9-10,13,16H,5-8H2,1-4H3. The van der Waals surface area contributed by atoms with Gasteiger partial charge >= 0.3 is 0 Å². The van der Waals surface area contributed by atoms with Crippen molar-refractivity contribution in [1.82, 2.24) is 5.32 Å². The Morgan fingerprint density at radius 2 is 2.06 bits per heavy atom. The number of hydrogen-bond acceptors (Lipinski definition) is 2. The number of thiophene rings is 1. The fraction of sp³-hybridized carbons (Fsp3) is 0.714. The molecule has 1 N–H and O–H groups in total. The average Bonchev–Trinajstić information content (AvgIpc) is 2.58. The molecule has 3 heteroatoms. The van der Waals surface area contributed by atoms with Crippen LogP contribution in [0.15, 0.2) is 10.5 Å². The van der Waals surface area contributed by atoms with Gasteiger partial charge < -0.3 is 5.32 Å². The summed E-state index contributed by atoms with van der Waals surface area (Å²) < 4.78 is 1.28. The molecule has 1 heterocycles. The lowest BCUT2D eigenvalue weighted by Gasteiger charge is -2.19. The highest BCUT2D eigenvalue weighted by atomic mass is 79.9. The fourth-order valence-electron chi connectivity index (χ4n) is 1.88. The number of rotatable bonds is 7. The van der Waals surface area contributed by atoms with Crippen LogP contribution in [0.3, 0.4) is 0 Å². The van der Waals surface area contributed by atoms with Crippen LogP contribution in [0.25, 0.3) is 0 Å². The fourth-order valence-corrected chi connectivity index (χ4v) is 3.92. The van der Waals surface area contributed by atoms with Gasteiger partial charge in [0.15, 0.2) is 0 Å². The van der Waals surface area contributed by atoms with Crippen molar-refractivity contribution in [3.05, 3.63) is 20.3 Å². The molecule has 1 unspecified atom stereocenters. The quantitative estimate of drug-likeness (QED) is 0.720. The van der Waals surface area contributed by atoms with Gasteiger partial charge in [-0.15, -0.1) is 11.3 Å².